The summed E-state index contributed by atoms with van der Waals surface area (Å²) in [5, 5.41) is 16.9. The molecule has 0 aliphatic rings. The molecule has 0 saturated heterocycles. The summed E-state index contributed by atoms with van der Waals surface area (Å²) >= 11 is 9.29. The van der Waals surface area contributed by atoms with Crippen LogP contribution in [0.3, 0.4) is 0 Å². The van der Waals surface area contributed by atoms with E-state index in [0.29, 0.717) is 12.2 Å². The summed E-state index contributed by atoms with van der Waals surface area (Å²) in [6, 6.07) is 8.02. The van der Waals surface area contributed by atoms with Gasteiger partial charge in [-0.2, -0.15) is 10.1 Å². The number of hydrogen-bond donors (Lipinski definition) is 1. The second-order valence-corrected chi connectivity index (χ2v) is 6.63. The van der Waals surface area contributed by atoms with Crippen molar-refractivity contribution in [3.63, 3.8) is 0 Å². The lowest BCUT2D eigenvalue weighted by molar-refractivity contribution is 0.280. The van der Waals surface area contributed by atoms with E-state index in [1.165, 1.54) is 11.8 Å². The summed E-state index contributed by atoms with van der Waals surface area (Å²) in [7, 11) is 0. The van der Waals surface area contributed by atoms with Crippen molar-refractivity contribution in [1.29, 1.82) is 0 Å². The standard InChI is InChI=1S/C16H14BrClN4O3/c17-12-4-1-10(2-5-12)3-6-13-20-14(25-21-13)8-22-16(24)15(18)11(9-23)7-19-22/h1-2,4-5,7,23H,3,6,8-9H2. The highest BCUT2D eigenvalue weighted by atomic mass is 79.9. The molecule has 9 heteroatoms. The molecule has 1 N–H and O–H groups in total. The number of hydrogen-bond acceptors (Lipinski definition) is 6. The highest BCUT2D eigenvalue weighted by molar-refractivity contribution is 9.10. The number of aromatic nitrogens is 4. The van der Waals surface area contributed by atoms with Gasteiger partial charge >= 0.3 is 0 Å². The molecule has 0 aliphatic heterocycles. The summed E-state index contributed by atoms with van der Waals surface area (Å²) in [5.74, 6) is 0.831. The molecule has 0 unspecified atom stereocenters. The quantitative estimate of drug-likeness (QED) is 0.651. The molecule has 0 fully saturated rings. The second kappa shape index (κ2) is 7.90. The number of benzene rings is 1. The van der Waals surface area contributed by atoms with Gasteiger partial charge in [-0.1, -0.05) is 44.8 Å². The van der Waals surface area contributed by atoms with Gasteiger partial charge in [0.2, 0.25) is 5.89 Å². The monoisotopic (exact) mass is 424 g/mol. The molecule has 0 spiro atoms. The third-order valence-electron chi connectivity index (χ3n) is 3.57. The molecule has 0 radical (unpaired) electrons. The van der Waals surface area contributed by atoms with Crippen LogP contribution < -0.4 is 5.56 Å². The third-order valence-corrected chi connectivity index (χ3v) is 4.51. The van der Waals surface area contributed by atoms with Crippen molar-refractivity contribution in [2.24, 2.45) is 0 Å². The van der Waals surface area contributed by atoms with Crippen molar-refractivity contribution in [2.45, 2.75) is 26.0 Å². The fourth-order valence-corrected chi connectivity index (χ4v) is 2.68. The van der Waals surface area contributed by atoms with Crippen LogP contribution in [0.15, 0.2) is 44.3 Å². The van der Waals surface area contributed by atoms with Crippen LogP contribution in [-0.4, -0.2) is 25.0 Å². The number of nitrogens with zero attached hydrogens (tertiary/aromatic N) is 4. The Morgan fingerprint density at radius 3 is 2.72 bits per heavy atom. The van der Waals surface area contributed by atoms with Crippen molar-refractivity contribution in [3.8, 4) is 0 Å². The first kappa shape index (κ1) is 17.8. The number of rotatable bonds is 6. The molecule has 25 heavy (non-hydrogen) atoms. The molecular formula is C16H14BrClN4O3. The van der Waals surface area contributed by atoms with Gasteiger partial charge in [-0.3, -0.25) is 4.79 Å². The Bertz CT molecular complexity index is 924. The van der Waals surface area contributed by atoms with Gasteiger partial charge in [0.25, 0.3) is 5.56 Å². The molecule has 130 valence electrons. The first-order chi connectivity index (χ1) is 12.1. The smallest absolute Gasteiger partial charge is 0.286 e. The first-order valence-electron chi connectivity index (χ1n) is 7.48. The SMILES string of the molecule is O=c1c(Cl)c(CO)cnn1Cc1nc(CCc2ccc(Br)cc2)no1. The Morgan fingerprint density at radius 1 is 1.24 bits per heavy atom. The first-order valence-corrected chi connectivity index (χ1v) is 8.65. The predicted octanol–water partition coefficient (Wildman–Crippen LogP) is 2.37. The van der Waals surface area contributed by atoms with Gasteiger partial charge in [0, 0.05) is 16.5 Å². The minimum Gasteiger partial charge on any atom is -0.392 e. The van der Waals surface area contributed by atoms with E-state index in [1.54, 1.807) is 0 Å². The molecule has 2 heterocycles. The van der Waals surface area contributed by atoms with Gasteiger partial charge in [-0.05, 0) is 24.1 Å². The Kier molecular flexibility index (Phi) is 5.62. The van der Waals surface area contributed by atoms with Crippen molar-refractivity contribution >= 4 is 27.5 Å². The van der Waals surface area contributed by atoms with Crippen LogP contribution in [-0.2, 0) is 26.0 Å². The molecular weight excluding hydrogens is 412 g/mol. The minimum atomic E-state index is -0.511. The summed E-state index contributed by atoms with van der Waals surface area (Å²) < 4.78 is 7.31. The summed E-state index contributed by atoms with van der Waals surface area (Å²) in [4.78, 5) is 16.3. The highest BCUT2D eigenvalue weighted by Crippen LogP contribution is 2.12. The van der Waals surface area contributed by atoms with Crippen LogP contribution in [0.2, 0.25) is 5.02 Å². The largest absolute Gasteiger partial charge is 0.392 e. The Hall–Kier alpha value is -2.03. The lowest BCUT2D eigenvalue weighted by atomic mass is 10.1. The van der Waals surface area contributed by atoms with Crippen LogP contribution in [0.1, 0.15) is 22.8 Å². The number of aliphatic hydroxyl groups excluding tert-OH is 1. The van der Waals surface area contributed by atoms with Gasteiger partial charge in [-0.25, -0.2) is 4.68 Å². The number of halogens is 2. The highest BCUT2D eigenvalue weighted by Gasteiger charge is 2.12. The van der Waals surface area contributed by atoms with Crippen molar-refractivity contribution in [3.05, 3.63) is 73.2 Å². The van der Waals surface area contributed by atoms with Gasteiger partial charge < -0.3 is 9.63 Å². The van der Waals surface area contributed by atoms with Crippen LogP contribution in [0.4, 0.5) is 0 Å². The topological polar surface area (TPSA) is 94.0 Å². The Balaban J connectivity index is 1.67. The van der Waals surface area contributed by atoms with Gasteiger partial charge in [0.1, 0.15) is 11.6 Å². The van der Waals surface area contributed by atoms with Crippen molar-refractivity contribution < 1.29 is 9.63 Å². The molecule has 0 bridgehead atoms. The van der Waals surface area contributed by atoms with Crippen LogP contribution in [0, 0.1) is 0 Å². The second-order valence-electron chi connectivity index (χ2n) is 5.34. The molecule has 3 rings (SSSR count). The zero-order chi connectivity index (χ0) is 17.8. The van der Waals surface area contributed by atoms with E-state index in [-0.39, 0.29) is 29.6 Å². The zero-order valence-electron chi connectivity index (χ0n) is 13.0. The van der Waals surface area contributed by atoms with Gasteiger partial charge in [0.15, 0.2) is 5.82 Å². The van der Waals surface area contributed by atoms with E-state index in [9.17, 15) is 4.79 Å². The predicted molar refractivity (Wildman–Crippen MR) is 94.4 cm³/mol. The maximum atomic E-state index is 12.1. The number of aryl methyl sites for hydroxylation is 2. The Labute approximate surface area is 156 Å². The molecule has 0 aliphatic carbocycles. The van der Waals surface area contributed by atoms with E-state index < -0.39 is 5.56 Å². The minimum absolute atomic E-state index is 0.0234. The normalized spacial score (nSPS) is 11.0. The lowest BCUT2D eigenvalue weighted by Gasteiger charge is -2.03. The summed E-state index contributed by atoms with van der Waals surface area (Å²) in [5.41, 5.74) is 0.935. The average molecular weight is 426 g/mol. The fourth-order valence-electron chi connectivity index (χ4n) is 2.21. The van der Waals surface area contributed by atoms with E-state index in [2.05, 4.69) is 31.2 Å². The average Bonchev–Trinajstić information content (AvgIpc) is 3.06. The Morgan fingerprint density at radius 2 is 2.00 bits per heavy atom. The molecule has 0 amide bonds. The molecule has 3 aromatic rings. The fraction of sp³-hybridized carbons (Fsp3) is 0.250. The third kappa shape index (κ3) is 4.33. The van der Waals surface area contributed by atoms with Crippen molar-refractivity contribution in [1.82, 2.24) is 19.9 Å². The summed E-state index contributed by atoms with van der Waals surface area (Å²) in [6.07, 6.45) is 2.74. The molecule has 2 aromatic heterocycles. The number of aliphatic hydroxyl groups is 1. The van der Waals surface area contributed by atoms with Crippen LogP contribution in [0.5, 0.6) is 0 Å². The van der Waals surface area contributed by atoms with Crippen LogP contribution >= 0.6 is 27.5 Å². The van der Waals surface area contributed by atoms with Crippen molar-refractivity contribution in [2.75, 3.05) is 0 Å². The van der Waals surface area contributed by atoms with E-state index in [0.717, 1.165) is 15.6 Å². The lowest BCUT2D eigenvalue weighted by Crippen LogP contribution is -2.25. The maximum Gasteiger partial charge on any atom is 0.286 e. The molecule has 7 nitrogen and oxygen atoms in total. The van der Waals surface area contributed by atoms with Crippen LogP contribution in [0.25, 0.3) is 0 Å². The van der Waals surface area contributed by atoms with E-state index in [1.807, 2.05) is 24.3 Å². The molecule has 0 saturated carbocycles. The zero-order valence-corrected chi connectivity index (χ0v) is 15.4. The van der Waals surface area contributed by atoms with E-state index in [4.69, 9.17) is 21.2 Å². The summed E-state index contributed by atoms with van der Waals surface area (Å²) in [6.45, 7) is -0.321. The van der Waals surface area contributed by atoms with Gasteiger partial charge in [0.05, 0.1) is 12.8 Å². The molecule has 1 aromatic carbocycles. The maximum absolute atomic E-state index is 12.1. The van der Waals surface area contributed by atoms with E-state index >= 15 is 0 Å². The van der Waals surface area contributed by atoms with Gasteiger partial charge in [-0.15, -0.1) is 0 Å². The molecule has 0 atom stereocenters.